The first-order valence-electron chi connectivity index (χ1n) is 6.79. The van der Waals surface area contributed by atoms with E-state index in [2.05, 4.69) is 5.32 Å². The summed E-state index contributed by atoms with van der Waals surface area (Å²) in [7, 11) is -3.69. The van der Waals surface area contributed by atoms with Gasteiger partial charge in [0.15, 0.2) is 0 Å². The summed E-state index contributed by atoms with van der Waals surface area (Å²) in [5.41, 5.74) is 0.863. The molecule has 1 aromatic rings. The van der Waals surface area contributed by atoms with Crippen molar-refractivity contribution in [2.75, 3.05) is 19.6 Å². The zero-order chi connectivity index (χ0) is 15.5. The molecule has 1 fully saturated rings. The van der Waals surface area contributed by atoms with Crippen molar-refractivity contribution in [1.82, 2.24) is 5.32 Å². The standard InChI is InChI=1S/C13H19N3O4S/c14-21(19,20)12-5-3-11(4-6-12)7-8-15-13(17)16(18)9-1-2-10-16/h3-6H,1-2,7-10H2,(H,15,17)(H2,14,19,20). The quantitative estimate of drug-likeness (QED) is 0.629. The Hall–Kier alpha value is -1.48. The zero-order valence-corrected chi connectivity index (χ0v) is 12.4. The number of likely N-dealkylation sites (tertiary alicyclic amines) is 1. The van der Waals surface area contributed by atoms with Gasteiger partial charge in [0.1, 0.15) is 0 Å². The Bertz CT molecular complexity index is 607. The van der Waals surface area contributed by atoms with E-state index >= 15 is 0 Å². The van der Waals surface area contributed by atoms with Crippen LogP contribution < -0.4 is 10.5 Å². The van der Waals surface area contributed by atoms with Crippen molar-refractivity contribution in [3.8, 4) is 0 Å². The van der Waals surface area contributed by atoms with Gasteiger partial charge < -0.3 is 10.5 Å². The lowest BCUT2D eigenvalue weighted by Gasteiger charge is -2.34. The number of amides is 2. The van der Waals surface area contributed by atoms with Gasteiger partial charge in [0.2, 0.25) is 10.0 Å². The molecular weight excluding hydrogens is 294 g/mol. The Kier molecular flexibility index (Phi) is 4.62. The number of sulfonamides is 1. The predicted octanol–water partition coefficient (Wildman–Crippen LogP) is 0.694. The number of carbonyl (C=O) groups is 1. The summed E-state index contributed by atoms with van der Waals surface area (Å²) in [6.45, 7) is 1.03. The van der Waals surface area contributed by atoms with E-state index in [1.54, 1.807) is 12.1 Å². The minimum atomic E-state index is -3.69. The second-order valence-corrected chi connectivity index (χ2v) is 6.78. The van der Waals surface area contributed by atoms with Crippen molar-refractivity contribution in [1.29, 1.82) is 0 Å². The Morgan fingerprint density at radius 2 is 1.81 bits per heavy atom. The molecule has 1 aromatic carbocycles. The molecule has 0 saturated carbocycles. The second-order valence-electron chi connectivity index (χ2n) is 5.21. The van der Waals surface area contributed by atoms with Crippen LogP contribution in [-0.2, 0) is 16.4 Å². The molecule has 0 aliphatic carbocycles. The van der Waals surface area contributed by atoms with Crippen molar-refractivity contribution in [3.05, 3.63) is 35.0 Å². The lowest BCUT2D eigenvalue weighted by atomic mass is 10.1. The smallest absolute Gasteiger partial charge is 0.416 e. The fourth-order valence-corrected chi connectivity index (χ4v) is 2.87. The van der Waals surface area contributed by atoms with Gasteiger partial charge in [-0.1, -0.05) is 12.1 Å². The summed E-state index contributed by atoms with van der Waals surface area (Å²) < 4.78 is 21.4. The number of quaternary nitrogens is 1. The van der Waals surface area contributed by atoms with Crippen molar-refractivity contribution in [2.45, 2.75) is 24.2 Å². The Labute approximate surface area is 124 Å². The predicted molar refractivity (Wildman–Crippen MR) is 77.5 cm³/mol. The van der Waals surface area contributed by atoms with E-state index in [4.69, 9.17) is 5.14 Å². The lowest BCUT2D eigenvalue weighted by molar-refractivity contribution is -0.785. The van der Waals surface area contributed by atoms with Crippen LogP contribution in [0.3, 0.4) is 0 Å². The molecule has 1 aliphatic heterocycles. The van der Waals surface area contributed by atoms with Crippen LogP contribution in [0.15, 0.2) is 29.2 Å². The third kappa shape index (κ3) is 4.01. The van der Waals surface area contributed by atoms with Gasteiger partial charge in [-0.25, -0.2) is 18.4 Å². The van der Waals surface area contributed by atoms with Crippen LogP contribution in [0.4, 0.5) is 4.79 Å². The molecule has 116 valence electrons. The first kappa shape index (κ1) is 15.9. The van der Waals surface area contributed by atoms with Crippen LogP contribution in [0.25, 0.3) is 0 Å². The van der Waals surface area contributed by atoms with E-state index in [0.717, 1.165) is 18.4 Å². The number of hydrogen-bond acceptors (Lipinski definition) is 4. The topological polar surface area (TPSA) is 112 Å². The molecule has 0 bridgehead atoms. The van der Waals surface area contributed by atoms with E-state index in [9.17, 15) is 18.4 Å². The van der Waals surface area contributed by atoms with Crippen molar-refractivity contribution < 1.29 is 17.9 Å². The normalized spacial score (nSPS) is 17.6. The summed E-state index contributed by atoms with van der Waals surface area (Å²) in [6, 6.07) is 5.64. The molecule has 3 N–H and O–H groups in total. The number of nitrogens with zero attached hydrogens (tertiary/aromatic N) is 1. The van der Waals surface area contributed by atoms with Gasteiger partial charge in [0.25, 0.3) is 0 Å². The number of nitrogens with two attached hydrogens (primary N) is 1. The van der Waals surface area contributed by atoms with E-state index in [-0.39, 0.29) is 4.90 Å². The molecule has 7 nitrogen and oxygen atoms in total. The maximum absolute atomic E-state index is 12.0. The first-order valence-corrected chi connectivity index (χ1v) is 8.34. The molecule has 8 heteroatoms. The lowest BCUT2D eigenvalue weighted by Crippen LogP contribution is -2.51. The monoisotopic (exact) mass is 313 g/mol. The fraction of sp³-hybridized carbons (Fsp3) is 0.462. The number of rotatable bonds is 4. The highest BCUT2D eigenvalue weighted by atomic mass is 32.2. The van der Waals surface area contributed by atoms with E-state index in [0.29, 0.717) is 26.1 Å². The van der Waals surface area contributed by atoms with E-state index < -0.39 is 20.7 Å². The SMILES string of the molecule is NS(=O)(=O)c1ccc(CCNC(=O)[N+]2([O-])CCCC2)cc1. The van der Waals surface area contributed by atoms with Gasteiger partial charge in [0, 0.05) is 19.4 Å². The van der Waals surface area contributed by atoms with Crippen molar-refractivity contribution in [3.63, 3.8) is 0 Å². The van der Waals surface area contributed by atoms with Crippen molar-refractivity contribution >= 4 is 16.1 Å². The van der Waals surface area contributed by atoms with Crippen LogP contribution in [0, 0.1) is 5.21 Å². The number of urea groups is 1. The zero-order valence-electron chi connectivity index (χ0n) is 11.6. The molecule has 1 aliphatic rings. The van der Waals surface area contributed by atoms with Crippen LogP contribution in [0.1, 0.15) is 18.4 Å². The summed E-state index contributed by atoms with van der Waals surface area (Å²) in [6.07, 6.45) is 2.09. The van der Waals surface area contributed by atoms with Crippen LogP contribution >= 0.6 is 0 Å². The Balaban J connectivity index is 1.85. The first-order chi connectivity index (χ1) is 9.81. The number of primary sulfonamides is 1. The molecule has 0 atom stereocenters. The summed E-state index contributed by atoms with van der Waals surface area (Å²) in [4.78, 5) is 11.8. The number of carbonyl (C=O) groups excluding carboxylic acids is 1. The number of nitrogens with one attached hydrogen (secondary N) is 1. The third-order valence-electron chi connectivity index (χ3n) is 3.60. The highest BCUT2D eigenvalue weighted by Gasteiger charge is 2.30. The van der Waals surface area contributed by atoms with Gasteiger partial charge >= 0.3 is 6.03 Å². The Morgan fingerprint density at radius 3 is 2.33 bits per heavy atom. The summed E-state index contributed by atoms with van der Waals surface area (Å²) in [5.74, 6) is 0. The van der Waals surface area contributed by atoms with Gasteiger partial charge in [-0.05, 0) is 24.1 Å². The molecule has 1 saturated heterocycles. The molecule has 2 amide bonds. The minimum absolute atomic E-state index is 0.0522. The second kappa shape index (κ2) is 6.10. The third-order valence-corrected chi connectivity index (χ3v) is 4.53. The molecule has 0 unspecified atom stereocenters. The number of hydrogen-bond donors (Lipinski definition) is 2. The Morgan fingerprint density at radius 1 is 1.24 bits per heavy atom. The molecule has 0 aromatic heterocycles. The number of hydroxylamine groups is 3. The van der Waals surface area contributed by atoms with Crippen LogP contribution in [0.2, 0.25) is 0 Å². The van der Waals surface area contributed by atoms with Gasteiger partial charge in [-0.2, -0.15) is 0 Å². The maximum Gasteiger partial charge on any atom is 0.416 e. The molecule has 1 heterocycles. The van der Waals surface area contributed by atoms with Crippen molar-refractivity contribution in [2.24, 2.45) is 5.14 Å². The van der Waals surface area contributed by atoms with E-state index in [1.807, 2.05) is 0 Å². The average Bonchev–Trinajstić information content (AvgIpc) is 2.86. The largest absolute Gasteiger partial charge is 0.624 e. The summed E-state index contributed by atoms with van der Waals surface area (Å²) >= 11 is 0. The van der Waals surface area contributed by atoms with Gasteiger partial charge in [-0.15, -0.1) is 0 Å². The fourth-order valence-electron chi connectivity index (χ4n) is 2.35. The minimum Gasteiger partial charge on any atom is -0.624 e. The van der Waals surface area contributed by atoms with Crippen LogP contribution in [0.5, 0.6) is 0 Å². The molecule has 0 radical (unpaired) electrons. The molecule has 0 spiro atoms. The summed E-state index contributed by atoms with van der Waals surface area (Å²) in [5, 5.41) is 19.7. The molecule has 2 rings (SSSR count). The molecule has 21 heavy (non-hydrogen) atoms. The maximum atomic E-state index is 12.0. The highest BCUT2D eigenvalue weighted by Crippen LogP contribution is 2.17. The highest BCUT2D eigenvalue weighted by molar-refractivity contribution is 7.89. The van der Waals surface area contributed by atoms with Gasteiger partial charge in [-0.3, -0.25) is 4.65 Å². The molecular formula is C13H19N3O4S. The van der Waals surface area contributed by atoms with E-state index in [1.165, 1.54) is 12.1 Å². The van der Waals surface area contributed by atoms with Gasteiger partial charge in [0.05, 0.1) is 18.0 Å². The number of benzene rings is 1. The average molecular weight is 313 g/mol. The van der Waals surface area contributed by atoms with Crippen LogP contribution in [-0.4, -0.2) is 38.7 Å².